The summed E-state index contributed by atoms with van der Waals surface area (Å²) in [5.74, 6) is 3.17. The lowest BCUT2D eigenvalue weighted by atomic mass is 9.99. The van der Waals surface area contributed by atoms with Gasteiger partial charge in [0.1, 0.15) is 22.9 Å². The quantitative estimate of drug-likeness (QED) is 0.560. The van der Waals surface area contributed by atoms with Gasteiger partial charge in [0, 0.05) is 10.9 Å². The Labute approximate surface area is 148 Å². The predicted octanol–water partition coefficient (Wildman–Crippen LogP) is 4.49. The van der Waals surface area contributed by atoms with E-state index in [4.69, 9.17) is 9.47 Å². The summed E-state index contributed by atoms with van der Waals surface area (Å²) in [6.07, 6.45) is 9.29. The maximum absolute atomic E-state index is 12.1. The third-order valence-electron chi connectivity index (χ3n) is 5.28. The molecule has 3 nitrogen and oxygen atoms in total. The molecule has 1 aromatic rings. The van der Waals surface area contributed by atoms with Crippen LogP contribution in [0.5, 0.6) is 5.75 Å². The van der Waals surface area contributed by atoms with Crippen molar-refractivity contribution in [2.24, 2.45) is 0 Å². The molecule has 24 heavy (non-hydrogen) atoms. The van der Waals surface area contributed by atoms with Gasteiger partial charge in [-0.2, -0.15) is 0 Å². The smallest absolute Gasteiger partial charge is 0.344 e. The van der Waals surface area contributed by atoms with Gasteiger partial charge in [-0.25, -0.2) is 4.79 Å². The van der Waals surface area contributed by atoms with E-state index in [-0.39, 0.29) is 18.2 Å². The minimum atomic E-state index is -0.239. The van der Waals surface area contributed by atoms with Crippen LogP contribution in [0.4, 0.5) is 0 Å². The molecule has 1 heterocycles. The van der Waals surface area contributed by atoms with Crippen molar-refractivity contribution in [3.05, 3.63) is 24.3 Å². The average Bonchev–Trinajstić information content (AvgIpc) is 3.10. The molecule has 2 fully saturated rings. The van der Waals surface area contributed by atoms with E-state index in [1.807, 2.05) is 12.1 Å². The van der Waals surface area contributed by atoms with Gasteiger partial charge in [-0.05, 0) is 75.6 Å². The van der Waals surface area contributed by atoms with E-state index in [0.717, 1.165) is 37.9 Å². The second kappa shape index (κ2) is 8.28. The molecule has 0 amide bonds. The summed E-state index contributed by atoms with van der Waals surface area (Å²) in [6, 6.07) is 8.32. The van der Waals surface area contributed by atoms with Crippen LogP contribution in [0, 0.1) is 0 Å². The van der Waals surface area contributed by atoms with Gasteiger partial charge in [0.25, 0.3) is 0 Å². The number of esters is 1. The lowest BCUT2D eigenvalue weighted by Gasteiger charge is -2.27. The molecule has 0 spiro atoms. The minimum absolute atomic E-state index is 0.00676. The summed E-state index contributed by atoms with van der Waals surface area (Å²) in [7, 11) is 0.414. The number of ether oxygens (including phenoxy) is 2. The molecule has 1 saturated carbocycles. The fourth-order valence-corrected chi connectivity index (χ4v) is 6.06. The maximum atomic E-state index is 12.1. The first kappa shape index (κ1) is 17.7. The van der Waals surface area contributed by atoms with Crippen LogP contribution in [0.3, 0.4) is 0 Å². The molecule has 1 aliphatic carbocycles. The lowest BCUT2D eigenvalue weighted by Crippen LogP contribution is -2.33. The van der Waals surface area contributed by atoms with Gasteiger partial charge in [-0.1, -0.05) is 6.92 Å². The Balaban J connectivity index is 1.48. The molecular weight excluding hydrogens is 320 g/mol. The number of carbonyl (C=O) groups is 1. The van der Waals surface area contributed by atoms with Crippen molar-refractivity contribution in [3.63, 3.8) is 0 Å². The van der Waals surface area contributed by atoms with Gasteiger partial charge in [0.05, 0.1) is 0 Å². The molecule has 0 bridgehead atoms. The molecule has 0 N–H and O–H groups in total. The summed E-state index contributed by atoms with van der Waals surface area (Å²) in [6.45, 7) is 2.11. The summed E-state index contributed by atoms with van der Waals surface area (Å²) in [4.78, 5) is 13.5. The first-order valence-electron chi connectivity index (χ1n) is 9.33. The van der Waals surface area contributed by atoms with Gasteiger partial charge in [-0.3, -0.25) is 0 Å². The SMILES string of the molecule is CCC1(OC(=O)COc2ccc([S+]3CCCCC3)cc2)CCCC1. The third kappa shape index (κ3) is 4.47. The summed E-state index contributed by atoms with van der Waals surface area (Å²) >= 11 is 0. The highest BCUT2D eigenvalue weighted by atomic mass is 32.2. The van der Waals surface area contributed by atoms with Crippen LogP contribution in [0.1, 0.15) is 58.3 Å². The first-order valence-corrected chi connectivity index (χ1v) is 10.9. The van der Waals surface area contributed by atoms with Crippen LogP contribution in [0.15, 0.2) is 29.2 Å². The molecule has 0 unspecified atom stereocenters. The van der Waals surface area contributed by atoms with Crippen LogP contribution in [0.2, 0.25) is 0 Å². The Morgan fingerprint density at radius 2 is 1.71 bits per heavy atom. The molecule has 0 atom stereocenters. The largest absolute Gasteiger partial charge is 0.482 e. The van der Waals surface area contributed by atoms with Crippen LogP contribution < -0.4 is 4.74 Å². The molecule has 1 saturated heterocycles. The van der Waals surface area contributed by atoms with Crippen molar-refractivity contribution >= 4 is 16.9 Å². The zero-order valence-electron chi connectivity index (χ0n) is 14.7. The fraction of sp³-hybridized carbons (Fsp3) is 0.650. The summed E-state index contributed by atoms with van der Waals surface area (Å²) in [5.41, 5.74) is -0.230. The zero-order valence-corrected chi connectivity index (χ0v) is 15.5. The topological polar surface area (TPSA) is 35.5 Å². The normalized spacial score (nSPS) is 20.7. The number of benzene rings is 1. The molecule has 0 aromatic heterocycles. The van der Waals surface area contributed by atoms with E-state index in [0.29, 0.717) is 10.9 Å². The summed E-state index contributed by atoms with van der Waals surface area (Å²) < 4.78 is 11.4. The van der Waals surface area contributed by atoms with Crippen LogP contribution >= 0.6 is 0 Å². The van der Waals surface area contributed by atoms with E-state index in [9.17, 15) is 4.79 Å². The number of carbonyl (C=O) groups excluding carboxylic acids is 1. The van der Waals surface area contributed by atoms with Crippen molar-refractivity contribution < 1.29 is 14.3 Å². The minimum Gasteiger partial charge on any atom is -0.482 e. The highest BCUT2D eigenvalue weighted by Crippen LogP contribution is 2.36. The highest BCUT2D eigenvalue weighted by Gasteiger charge is 2.35. The van der Waals surface area contributed by atoms with Crippen molar-refractivity contribution in [2.75, 3.05) is 18.1 Å². The predicted molar refractivity (Wildman–Crippen MR) is 98.7 cm³/mol. The first-order chi connectivity index (χ1) is 11.7. The Kier molecular flexibility index (Phi) is 6.09. The van der Waals surface area contributed by atoms with Crippen molar-refractivity contribution in [3.8, 4) is 5.75 Å². The van der Waals surface area contributed by atoms with Crippen molar-refractivity contribution in [1.82, 2.24) is 0 Å². The van der Waals surface area contributed by atoms with Crippen LogP contribution in [0.25, 0.3) is 0 Å². The summed E-state index contributed by atoms with van der Waals surface area (Å²) in [5, 5.41) is 0. The molecule has 4 heteroatoms. The second-order valence-electron chi connectivity index (χ2n) is 6.94. The Bertz CT molecular complexity index is 528. The van der Waals surface area contributed by atoms with Crippen molar-refractivity contribution in [2.45, 2.75) is 68.8 Å². The number of rotatable bonds is 6. The average molecular weight is 350 g/mol. The molecule has 1 aliphatic heterocycles. The van der Waals surface area contributed by atoms with E-state index >= 15 is 0 Å². The zero-order chi connectivity index (χ0) is 16.8. The maximum Gasteiger partial charge on any atom is 0.344 e. The molecule has 132 valence electrons. The molecule has 1 aromatic carbocycles. The third-order valence-corrected chi connectivity index (χ3v) is 7.79. The van der Waals surface area contributed by atoms with Gasteiger partial charge in [0.2, 0.25) is 0 Å². The second-order valence-corrected chi connectivity index (χ2v) is 9.21. The molecule has 3 rings (SSSR count). The molecular formula is C20H29O3S+. The monoisotopic (exact) mass is 349 g/mol. The van der Waals surface area contributed by atoms with Gasteiger partial charge in [0.15, 0.2) is 11.5 Å². The Morgan fingerprint density at radius 1 is 1.04 bits per heavy atom. The van der Waals surface area contributed by atoms with E-state index < -0.39 is 0 Å². The standard InChI is InChI=1S/C20H29O3S/c1-2-20(12-4-5-13-20)23-19(21)16-22-17-8-10-18(11-9-17)24-14-6-3-7-15-24/h8-11H,2-7,12-16H2,1H3/q+1. The van der Waals surface area contributed by atoms with Gasteiger partial charge < -0.3 is 9.47 Å². The Hall–Kier alpha value is -1.16. The number of hydrogen-bond acceptors (Lipinski definition) is 3. The van der Waals surface area contributed by atoms with Gasteiger partial charge >= 0.3 is 5.97 Å². The highest BCUT2D eigenvalue weighted by molar-refractivity contribution is 7.96. The van der Waals surface area contributed by atoms with E-state index in [2.05, 4.69) is 19.1 Å². The van der Waals surface area contributed by atoms with E-state index in [1.165, 1.54) is 35.7 Å². The van der Waals surface area contributed by atoms with Crippen LogP contribution in [-0.2, 0) is 20.4 Å². The lowest BCUT2D eigenvalue weighted by molar-refractivity contribution is -0.162. The Morgan fingerprint density at radius 3 is 2.33 bits per heavy atom. The molecule has 2 aliphatic rings. The van der Waals surface area contributed by atoms with Crippen molar-refractivity contribution in [1.29, 1.82) is 0 Å². The van der Waals surface area contributed by atoms with E-state index in [1.54, 1.807) is 0 Å². The van der Waals surface area contributed by atoms with Gasteiger partial charge in [-0.15, -0.1) is 0 Å². The fourth-order valence-electron chi connectivity index (χ4n) is 3.76. The molecule has 0 radical (unpaired) electrons. The van der Waals surface area contributed by atoms with Crippen LogP contribution in [-0.4, -0.2) is 29.7 Å². The number of hydrogen-bond donors (Lipinski definition) is 0.